The fourth-order valence-corrected chi connectivity index (χ4v) is 2.88. The first-order valence-electron chi connectivity index (χ1n) is 7.91. The van der Waals surface area contributed by atoms with Crippen molar-refractivity contribution in [2.24, 2.45) is 5.92 Å². The van der Waals surface area contributed by atoms with E-state index < -0.39 is 6.10 Å². The molecule has 0 aliphatic carbocycles. The summed E-state index contributed by atoms with van der Waals surface area (Å²) in [7, 11) is 0. The highest BCUT2D eigenvalue weighted by atomic mass is 35.5. The summed E-state index contributed by atoms with van der Waals surface area (Å²) in [5, 5.41) is 13.8. The number of hydrogen-bond donors (Lipinski definition) is 2. The fraction of sp³-hybridized carbons (Fsp3) is 0.588. The van der Waals surface area contributed by atoms with Gasteiger partial charge in [-0.05, 0) is 56.5 Å². The Hall–Kier alpha value is -1.10. The lowest BCUT2D eigenvalue weighted by molar-refractivity contribution is -0.124. The summed E-state index contributed by atoms with van der Waals surface area (Å²) >= 11 is 5.84. The number of nitrogens with one attached hydrogen (secondary N) is 1. The second-order valence-electron chi connectivity index (χ2n) is 6.31. The maximum atomic E-state index is 12.1. The summed E-state index contributed by atoms with van der Waals surface area (Å²) in [5.74, 6) is 0.722. The van der Waals surface area contributed by atoms with Crippen LogP contribution in [0.4, 0.5) is 0 Å². The third-order valence-electron chi connectivity index (χ3n) is 4.32. The van der Waals surface area contributed by atoms with Gasteiger partial charge in [-0.2, -0.15) is 0 Å². The van der Waals surface area contributed by atoms with E-state index in [-0.39, 0.29) is 11.9 Å². The van der Waals surface area contributed by atoms with Gasteiger partial charge in [0.05, 0.1) is 18.7 Å². The van der Waals surface area contributed by atoms with Gasteiger partial charge in [-0.3, -0.25) is 9.69 Å². The molecule has 1 fully saturated rings. The lowest BCUT2D eigenvalue weighted by Gasteiger charge is -2.30. The number of likely N-dealkylation sites (tertiary alicyclic amines) is 1. The molecule has 122 valence electrons. The molecule has 22 heavy (non-hydrogen) atoms. The third kappa shape index (κ3) is 4.97. The molecule has 1 saturated heterocycles. The van der Waals surface area contributed by atoms with Crippen LogP contribution >= 0.6 is 11.6 Å². The van der Waals surface area contributed by atoms with E-state index in [9.17, 15) is 9.90 Å². The van der Waals surface area contributed by atoms with Gasteiger partial charge in [0.2, 0.25) is 5.91 Å². The minimum absolute atomic E-state index is 0.0323. The summed E-state index contributed by atoms with van der Waals surface area (Å²) in [6.07, 6.45) is 1.56. The first-order valence-corrected chi connectivity index (χ1v) is 8.28. The van der Waals surface area contributed by atoms with Gasteiger partial charge >= 0.3 is 0 Å². The maximum Gasteiger partial charge on any atom is 0.234 e. The highest BCUT2D eigenvalue weighted by molar-refractivity contribution is 6.30. The Morgan fingerprint density at radius 3 is 2.55 bits per heavy atom. The molecule has 2 N–H and O–H groups in total. The van der Waals surface area contributed by atoms with Crippen molar-refractivity contribution in [2.75, 3.05) is 19.6 Å². The van der Waals surface area contributed by atoms with E-state index in [0.29, 0.717) is 11.6 Å². The van der Waals surface area contributed by atoms with Crippen LogP contribution in [0.1, 0.15) is 38.4 Å². The van der Waals surface area contributed by atoms with Gasteiger partial charge < -0.3 is 10.4 Å². The van der Waals surface area contributed by atoms with Crippen molar-refractivity contribution >= 4 is 17.5 Å². The van der Waals surface area contributed by atoms with Gasteiger partial charge in [0, 0.05) is 5.02 Å². The Kier molecular flexibility index (Phi) is 6.24. The largest absolute Gasteiger partial charge is 0.386 e. The van der Waals surface area contributed by atoms with Crippen molar-refractivity contribution in [3.8, 4) is 0 Å². The first kappa shape index (κ1) is 17.3. The monoisotopic (exact) mass is 324 g/mol. The average Bonchev–Trinajstić information content (AvgIpc) is 2.49. The molecule has 0 spiro atoms. The first-order chi connectivity index (χ1) is 10.5. The number of benzene rings is 1. The molecule has 0 aromatic heterocycles. The third-order valence-corrected chi connectivity index (χ3v) is 4.57. The quantitative estimate of drug-likeness (QED) is 0.875. The predicted octanol–water partition coefficient (Wildman–Crippen LogP) is 2.61. The van der Waals surface area contributed by atoms with Crippen LogP contribution in [-0.2, 0) is 4.79 Å². The minimum Gasteiger partial charge on any atom is -0.386 e. The SMILES string of the molecule is CC1CCN(CC(=O)NC(C)C(O)c2ccc(Cl)cc2)CC1. The molecular formula is C17H25ClN2O2. The molecule has 2 atom stereocenters. The molecule has 2 unspecified atom stereocenters. The van der Waals surface area contributed by atoms with E-state index >= 15 is 0 Å². The molecule has 0 bridgehead atoms. The van der Waals surface area contributed by atoms with Crippen LogP contribution in [0.25, 0.3) is 0 Å². The van der Waals surface area contributed by atoms with E-state index in [0.717, 1.165) is 37.4 Å². The number of amides is 1. The molecule has 1 aliphatic rings. The topological polar surface area (TPSA) is 52.6 Å². The number of carbonyl (C=O) groups excluding carboxylic acids is 1. The average molecular weight is 325 g/mol. The number of rotatable bonds is 5. The molecule has 1 aromatic rings. The van der Waals surface area contributed by atoms with Crippen LogP contribution in [0.2, 0.25) is 5.02 Å². The zero-order valence-corrected chi connectivity index (χ0v) is 14.0. The standard InChI is InChI=1S/C17H25ClN2O2/c1-12-7-9-20(10-8-12)11-16(21)19-13(2)17(22)14-3-5-15(18)6-4-14/h3-6,12-13,17,22H,7-11H2,1-2H3,(H,19,21). The zero-order valence-electron chi connectivity index (χ0n) is 13.3. The second kappa shape index (κ2) is 7.95. The van der Waals surface area contributed by atoms with E-state index in [1.807, 2.05) is 6.92 Å². The smallest absolute Gasteiger partial charge is 0.234 e. The highest BCUT2D eigenvalue weighted by Gasteiger charge is 2.21. The number of nitrogens with zero attached hydrogens (tertiary/aromatic N) is 1. The molecule has 1 aromatic carbocycles. The Bertz CT molecular complexity index is 484. The Morgan fingerprint density at radius 2 is 1.95 bits per heavy atom. The van der Waals surface area contributed by atoms with E-state index in [4.69, 9.17) is 11.6 Å². The van der Waals surface area contributed by atoms with Gasteiger partial charge in [0.25, 0.3) is 0 Å². The zero-order chi connectivity index (χ0) is 16.1. The van der Waals surface area contributed by atoms with Gasteiger partial charge in [0.1, 0.15) is 0 Å². The summed E-state index contributed by atoms with van der Waals surface area (Å²) in [6, 6.07) is 6.70. The van der Waals surface area contributed by atoms with E-state index in [2.05, 4.69) is 17.1 Å². The van der Waals surface area contributed by atoms with Crippen molar-refractivity contribution in [3.05, 3.63) is 34.9 Å². The molecule has 1 heterocycles. The van der Waals surface area contributed by atoms with Crippen molar-refractivity contribution < 1.29 is 9.90 Å². The summed E-state index contributed by atoms with van der Waals surface area (Å²) in [6.45, 7) is 6.42. The Morgan fingerprint density at radius 1 is 1.36 bits per heavy atom. The van der Waals surface area contributed by atoms with Gasteiger partial charge in [-0.25, -0.2) is 0 Å². The lowest BCUT2D eigenvalue weighted by Crippen LogP contribution is -2.45. The minimum atomic E-state index is -0.734. The second-order valence-corrected chi connectivity index (χ2v) is 6.75. The molecule has 1 aliphatic heterocycles. The highest BCUT2D eigenvalue weighted by Crippen LogP contribution is 2.19. The molecule has 1 amide bonds. The van der Waals surface area contributed by atoms with Crippen LogP contribution in [0.5, 0.6) is 0 Å². The van der Waals surface area contributed by atoms with Gasteiger partial charge in [-0.15, -0.1) is 0 Å². The Balaban J connectivity index is 1.81. The normalized spacial score (nSPS) is 19.6. The molecular weight excluding hydrogens is 300 g/mol. The molecule has 5 heteroatoms. The van der Waals surface area contributed by atoms with Crippen LogP contribution in [0.15, 0.2) is 24.3 Å². The molecule has 0 radical (unpaired) electrons. The molecule has 4 nitrogen and oxygen atoms in total. The van der Waals surface area contributed by atoms with Gasteiger partial charge in [-0.1, -0.05) is 30.7 Å². The van der Waals surface area contributed by atoms with Gasteiger partial charge in [0.15, 0.2) is 0 Å². The van der Waals surface area contributed by atoms with Crippen LogP contribution < -0.4 is 5.32 Å². The molecule has 0 saturated carbocycles. The number of halogens is 1. The van der Waals surface area contributed by atoms with Crippen LogP contribution in [-0.4, -0.2) is 41.6 Å². The van der Waals surface area contributed by atoms with Crippen molar-refractivity contribution in [2.45, 2.75) is 38.8 Å². The number of piperidine rings is 1. The van der Waals surface area contributed by atoms with Crippen LogP contribution in [0.3, 0.4) is 0 Å². The summed E-state index contributed by atoms with van der Waals surface area (Å²) in [4.78, 5) is 14.3. The number of hydrogen-bond acceptors (Lipinski definition) is 3. The number of carbonyl (C=O) groups is 1. The van der Waals surface area contributed by atoms with E-state index in [1.54, 1.807) is 24.3 Å². The van der Waals surface area contributed by atoms with E-state index in [1.165, 1.54) is 0 Å². The predicted molar refractivity (Wildman–Crippen MR) is 88.9 cm³/mol. The fourth-order valence-electron chi connectivity index (χ4n) is 2.75. The summed E-state index contributed by atoms with van der Waals surface area (Å²) < 4.78 is 0. The van der Waals surface area contributed by atoms with Crippen molar-refractivity contribution in [3.63, 3.8) is 0 Å². The maximum absolute atomic E-state index is 12.1. The van der Waals surface area contributed by atoms with Crippen LogP contribution in [0, 0.1) is 5.92 Å². The molecule has 2 rings (SSSR count). The number of aliphatic hydroxyl groups is 1. The Labute approximate surface area is 137 Å². The number of aliphatic hydroxyl groups excluding tert-OH is 1. The van der Waals surface area contributed by atoms with Crippen molar-refractivity contribution in [1.82, 2.24) is 10.2 Å². The summed E-state index contributed by atoms with van der Waals surface area (Å²) in [5.41, 5.74) is 0.754. The lowest BCUT2D eigenvalue weighted by atomic mass is 9.99. The van der Waals surface area contributed by atoms with Crippen molar-refractivity contribution in [1.29, 1.82) is 0 Å².